The fraction of sp³-hybridized carbons (Fsp3) is 0.588. The normalized spacial score (nSPS) is 17.7. The molecule has 0 spiro atoms. The molecule has 5 nitrogen and oxygen atoms in total. The number of anilines is 1. The number of hydrogen-bond donors (Lipinski definition) is 2. The van der Waals surface area contributed by atoms with Crippen LogP contribution in [0.15, 0.2) is 29.3 Å². The zero-order valence-electron chi connectivity index (χ0n) is 14.3. The predicted octanol–water partition coefficient (Wildman–Crippen LogP) is 2.70. The summed E-state index contributed by atoms with van der Waals surface area (Å²) in [6.45, 7) is 4.41. The summed E-state index contributed by atoms with van der Waals surface area (Å²) in [5.74, 6) is 0.473. The Morgan fingerprint density at radius 3 is 2.65 bits per heavy atom. The molecule has 0 aliphatic carbocycles. The van der Waals surface area contributed by atoms with Crippen molar-refractivity contribution in [1.82, 2.24) is 4.90 Å². The number of guanidine groups is 1. The number of nitrogens with zero attached hydrogens (tertiary/aromatic N) is 2. The van der Waals surface area contributed by atoms with Gasteiger partial charge in [-0.15, -0.1) is 24.0 Å². The van der Waals surface area contributed by atoms with E-state index < -0.39 is 0 Å². The van der Waals surface area contributed by atoms with Crippen molar-refractivity contribution in [3.05, 3.63) is 29.8 Å². The monoisotopic (exact) mass is 432 g/mol. The summed E-state index contributed by atoms with van der Waals surface area (Å²) in [6, 6.07) is 8.27. The summed E-state index contributed by atoms with van der Waals surface area (Å²) in [5.41, 5.74) is 8.39. The van der Waals surface area contributed by atoms with Gasteiger partial charge in [0.15, 0.2) is 5.96 Å². The van der Waals surface area contributed by atoms with E-state index in [2.05, 4.69) is 48.4 Å². The summed E-state index contributed by atoms with van der Waals surface area (Å²) in [6.07, 6.45) is 2.99. The molecular weight excluding hydrogens is 403 g/mol. The average Bonchev–Trinajstić information content (AvgIpc) is 2.54. The molecule has 0 unspecified atom stereocenters. The summed E-state index contributed by atoms with van der Waals surface area (Å²) in [5, 5.41) is 3.19. The van der Waals surface area contributed by atoms with Crippen molar-refractivity contribution in [3.63, 3.8) is 0 Å². The third kappa shape index (κ3) is 5.61. The van der Waals surface area contributed by atoms with Crippen LogP contribution >= 0.6 is 24.0 Å². The van der Waals surface area contributed by atoms with Crippen LogP contribution in [-0.4, -0.2) is 50.3 Å². The van der Waals surface area contributed by atoms with Crippen LogP contribution in [0.1, 0.15) is 25.3 Å². The highest BCUT2D eigenvalue weighted by atomic mass is 127. The summed E-state index contributed by atoms with van der Waals surface area (Å²) < 4.78 is 5.48. The van der Waals surface area contributed by atoms with Crippen LogP contribution in [0.3, 0.4) is 0 Å². The van der Waals surface area contributed by atoms with E-state index in [9.17, 15) is 0 Å². The van der Waals surface area contributed by atoms with E-state index in [1.807, 2.05) is 12.1 Å². The maximum absolute atomic E-state index is 6.06. The second-order valence-electron chi connectivity index (χ2n) is 6.11. The van der Waals surface area contributed by atoms with Gasteiger partial charge in [0.1, 0.15) is 0 Å². The second kappa shape index (κ2) is 9.44. The largest absolute Gasteiger partial charge is 0.381 e. The van der Waals surface area contributed by atoms with E-state index in [-0.39, 0.29) is 29.5 Å². The SMILES string of the molecule is CCc1cccc(NC(N)=NCC2(N(C)C)CCOCC2)c1.I. The number of hydrogen-bond acceptors (Lipinski definition) is 3. The van der Waals surface area contributed by atoms with E-state index >= 15 is 0 Å². The van der Waals surface area contributed by atoms with Gasteiger partial charge in [0.05, 0.1) is 6.54 Å². The Hall–Kier alpha value is -0.860. The predicted molar refractivity (Wildman–Crippen MR) is 108 cm³/mol. The summed E-state index contributed by atoms with van der Waals surface area (Å²) in [4.78, 5) is 6.83. The minimum absolute atomic E-state index is 0. The fourth-order valence-corrected chi connectivity index (χ4v) is 2.79. The Balaban J connectivity index is 0.00000264. The molecule has 23 heavy (non-hydrogen) atoms. The number of nitrogens with one attached hydrogen (secondary N) is 1. The van der Waals surface area contributed by atoms with Crippen molar-refractivity contribution in [2.45, 2.75) is 31.7 Å². The van der Waals surface area contributed by atoms with Gasteiger partial charge in [-0.1, -0.05) is 19.1 Å². The number of rotatable bonds is 5. The van der Waals surface area contributed by atoms with Crippen molar-refractivity contribution in [1.29, 1.82) is 0 Å². The Bertz CT molecular complexity index is 513. The first-order chi connectivity index (χ1) is 10.6. The molecule has 1 heterocycles. The molecule has 0 saturated carbocycles. The molecule has 6 heteroatoms. The maximum atomic E-state index is 6.06. The number of nitrogens with two attached hydrogens (primary N) is 1. The zero-order chi connectivity index (χ0) is 16.0. The van der Waals surface area contributed by atoms with E-state index in [0.717, 1.165) is 38.2 Å². The third-order valence-corrected chi connectivity index (χ3v) is 4.52. The van der Waals surface area contributed by atoms with Crippen LogP contribution in [-0.2, 0) is 11.2 Å². The molecule has 1 saturated heterocycles. The first-order valence-corrected chi connectivity index (χ1v) is 7.97. The molecule has 130 valence electrons. The highest BCUT2D eigenvalue weighted by Crippen LogP contribution is 2.26. The molecule has 3 N–H and O–H groups in total. The Morgan fingerprint density at radius 1 is 1.35 bits per heavy atom. The number of aryl methyl sites for hydroxylation is 1. The van der Waals surface area contributed by atoms with Crippen molar-refractivity contribution in [2.24, 2.45) is 10.7 Å². The van der Waals surface area contributed by atoms with Crippen LogP contribution in [0, 0.1) is 0 Å². The topological polar surface area (TPSA) is 62.9 Å². The van der Waals surface area contributed by atoms with Gasteiger partial charge in [-0.05, 0) is 51.1 Å². The lowest BCUT2D eigenvalue weighted by molar-refractivity contribution is -0.00249. The van der Waals surface area contributed by atoms with E-state index in [1.165, 1.54) is 5.56 Å². The van der Waals surface area contributed by atoms with Crippen LogP contribution in [0.5, 0.6) is 0 Å². The van der Waals surface area contributed by atoms with Crippen LogP contribution < -0.4 is 11.1 Å². The van der Waals surface area contributed by atoms with E-state index in [1.54, 1.807) is 0 Å². The Labute approximate surface area is 156 Å². The van der Waals surface area contributed by atoms with Gasteiger partial charge in [0, 0.05) is 24.4 Å². The van der Waals surface area contributed by atoms with Crippen molar-refractivity contribution < 1.29 is 4.74 Å². The van der Waals surface area contributed by atoms with E-state index in [0.29, 0.717) is 12.5 Å². The molecule has 0 aromatic heterocycles. The second-order valence-corrected chi connectivity index (χ2v) is 6.11. The molecule has 1 aliphatic rings. The zero-order valence-corrected chi connectivity index (χ0v) is 16.7. The third-order valence-electron chi connectivity index (χ3n) is 4.52. The average molecular weight is 432 g/mol. The summed E-state index contributed by atoms with van der Waals surface area (Å²) >= 11 is 0. The highest BCUT2D eigenvalue weighted by Gasteiger charge is 2.34. The first-order valence-electron chi connectivity index (χ1n) is 7.97. The molecule has 1 fully saturated rings. The van der Waals surface area contributed by atoms with Crippen LogP contribution in [0.4, 0.5) is 5.69 Å². The smallest absolute Gasteiger partial charge is 0.193 e. The number of benzene rings is 1. The minimum atomic E-state index is 0. The molecule has 1 aromatic carbocycles. The molecular formula is C17H29IN4O. The van der Waals surface area contributed by atoms with Gasteiger partial charge in [0.2, 0.25) is 0 Å². The lowest BCUT2D eigenvalue weighted by atomic mass is 9.89. The van der Waals surface area contributed by atoms with Gasteiger partial charge in [0.25, 0.3) is 0 Å². The molecule has 1 aliphatic heterocycles. The van der Waals surface area contributed by atoms with Crippen molar-refractivity contribution in [3.8, 4) is 0 Å². The quantitative estimate of drug-likeness (QED) is 0.427. The van der Waals surface area contributed by atoms with Crippen molar-refractivity contribution in [2.75, 3.05) is 39.2 Å². The molecule has 0 amide bonds. The maximum Gasteiger partial charge on any atom is 0.193 e. The van der Waals surface area contributed by atoms with Gasteiger partial charge >= 0.3 is 0 Å². The lowest BCUT2D eigenvalue weighted by Gasteiger charge is -2.41. The molecule has 2 rings (SSSR count). The number of likely N-dealkylation sites (N-methyl/N-ethyl adjacent to an activating group) is 1. The molecule has 1 aromatic rings. The minimum Gasteiger partial charge on any atom is -0.381 e. The molecule has 0 radical (unpaired) electrons. The van der Waals surface area contributed by atoms with Gasteiger partial charge in [-0.25, -0.2) is 0 Å². The van der Waals surface area contributed by atoms with Gasteiger partial charge in [-0.3, -0.25) is 4.99 Å². The van der Waals surface area contributed by atoms with Crippen LogP contribution in [0.25, 0.3) is 0 Å². The van der Waals surface area contributed by atoms with Crippen molar-refractivity contribution >= 4 is 35.6 Å². The first kappa shape index (κ1) is 20.2. The Kier molecular flexibility index (Phi) is 8.28. The number of ether oxygens (including phenoxy) is 1. The lowest BCUT2D eigenvalue weighted by Crippen LogP contribution is -2.51. The van der Waals surface area contributed by atoms with Gasteiger partial charge in [-0.2, -0.15) is 0 Å². The van der Waals surface area contributed by atoms with Gasteiger partial charge < -0.3 is 20.7 Å². The summed E-state index contributed by atoms with van der Waals surface area (Å²) in [7, 11) is 4.21. The standard InChI is InChI=1S/C17H28N4O.HI/c1-4-14-6-5-7-15(12-14)20-16(18)19-13-17(21(2)3)8-10-22-11-9-17;/h5-7,12H,4,8-11,13H2,1-3H3,(H3,18,19,20);1H. The number of halogens is 1. The van der Waals surface area contributed by atoms with E-state index in [4.69, 9.17) is 10.5 Å². The number of aliphatic imine (C=N–C) groups is 1. The fourth-order valence-electron chi connectivity index (χ4n) is 2.79. The molecule has 0 bridgehead atoms. The highest BCUT2D eigenvalue weighted by molar-refractivity contribution is 14.0. The van der Waals surface area contributed by atoms with Crippen LogP contribution in [0.2, 0.25) is 0 Å². The Morgan fingerprint density at radius 2 is 2.04 bits per heavy atom. The molecule has 0 atom stereocenters.